The van der Waals surface area contributed by atoms with Gasteiger partial charge in [0.25, 0.3) is 0 Å². The monoisotopic (exact) mass is 231 g/mol. The van der Waals surface area contributed by atoms with Gasteiger partial charge in [-0.3, -0.25) is 0 Å². The third-order valence-corrected chi connectivity index (χ3v) is 1.98. The minimum atomic E-state index is -0.377. The molecule has 0 radical (unpaired) electrons. The van der Waals surface area contributed by atoms with Crippen LogP contribution < -0.4 is 15.4 Å². The minimum Gasteiger partial charge on any atom is -0.495 e. The Hall–Kier alpha value is -2.48. The van der Waals surface area contributed by atoms with Gasteiger partial charge >= 0.3 is 6.03 Å². The summed E-state index contributed by atoms with van der Waals surface area (Å²) in [7, 11) is 1.49. The number of nitrogens with one attached hydrogen (secondary N) is 2. The van der Waals surface area contributed by atoms with Crippen molar-refractivity contribution in [3.63, 3.8) is 0 Å². The Balaban J connectivity index is 2.84. The molecule has 88 valence electrons. The number of methoxy groups -OCH3 is 1. The second kappa shape index (κ2) is 6.18. The molecule has 1 aromatic carbocycles. The molecule has 2 amide bonds. The van der Waals surface area contributed by atoms with Crippen LogP contribution in [0.15, 0.2) is 30.9 Å². The molecule has 0 unspecified atom stereocenters. The first kappa shape index (κ1) is 12.6. The van der Waals surface area contributed by atoms with Crippen LogP contribution in [0.1, 0.15) is 5.56 Å². The fourth-order valence-corrected chi connectivity index (χ4v) is 1.21. The van der Waals surface area contributed by atoms with Gasteiger partial charge in [0.05, 0.1) is 24.4 Å². The zero-order chi connectivity index (χ0) is 12.7. The summed E-state index contributed by atoms with van der Waals surface area (Å²) in [4.78, 5) is 11.4. The van der Waals surface area contributed by atoms with E-state index in [1.807, 2.05) is 6.07 Å². The van der Waals surface area contributed by atoms with Crippen molar-refractivity contribution in [1.29, 1.82) is 5.26 Å². The van der Waals surface area contributed by atoms with E-state index in [9.17, 15) is 4.79 Å². The van der Waals surface area contributed by atoms with Gasteiger partial charge < -0.3 is 15.4 Å². The molecule has 0 aliphatic carbocycles. The zero-order valence-electron chi connectivity index (χ0n) is 9.49. The Labute approximate surface area is 99.7 Å². The topological polar surface area (TPSA) is 74.2 Å². The maximum absolute atomic E-state index is 11.4. The van der Waals surface area contributed by atoms with Crippen molar-refractivity contribution in [2.75, 3.05) is 19.0 Å². The van der Waals surface area contributed by atoms with Crippen molar-refractivity contribution < 1.29 is 9.53 Å². The van der Waals surface area contributed by atoms with Crippen molar-refractivity contribution in [2.24, 2.45) is 0 Å². The molecule has 1 rings (SSSR count). The highest BCUT2D eigenvalue weighted by atomic mass is 16.5. The van der Waals surface area contributed by atoms with Crippen LogP contribution in [0.3, 0.4) is 0 Å². The molecular weight excluding hydrogens is 218 g/mol. The predicted octanol–water partition coefficient (Wildman–Crippen LogP) is 1.87. The molecule has 0 aromatic heterocycles. The minimum absolute atomic E-state index is 0.367. The molecule has 0 fully saturated rings. The van der Waals surface area contributed by atoms with Gasteiger partial charge in [0, 0.05) is 6.54 Å². The Morgan fingerprint density at radius 3 is 3.00 bits per heavy atom. The first-order valence-corrected chi connectivity index (χ1v) is 4.95. The van der Waals surface area contributed by atoms with Gasteiger partial charge in [0.2, 0.25) is 0 Å². The second-order valence-corrected chi connectivity index (χ2v) is 3.15. The third-order valence-electron chi connectivity index (χ3n) is 1.98. The quantitative estimate of drug-likeness (QED) is 0.777. The number of hydrogen-bond donors (Lipinski definition) is 2. The summed E-state index contributed by atoms with van der Waals surface area (Å²) in [6, 6.07) is 6.41. The number of amides is 2. The molecule has 0 aliphatic heterocycles. The molecule has 0 bridgehead atoms. The average Bonchev–Trinajstić information content (AvgIpc) is 2.36. The third kappa shape index (κ3) is 3.54. The maximum atomic E-state index is 11.4. The number of benzene rings is 1. The van der Waals surface area contributed by atoms with Crippen molar-refractivity contribution in [3.05, 3.63) is 36.4 Å². The van der Waals surface area contributed by atoms with Crippen molar-refractivity contribution >= 4 is 11.7 Å². The lowest BCUT2D eigenvalue weighted by molar-refractivity contribution is 0.253. The molecule has 0 saturated carbocycles. The van der Waals surface area contributed by atoms with E-state index < -0.39 is 0 Å². The molecule has 0 saturated heterocycles. The van der Waals surface area contributed by atoms with Crippen LogP contribution in [0.2, 0.25) is 0 Å². The van der Waals surface area contributed by atoms with Crippen LogP contribution in [-0.4, -0.2) is 19.7 Å². The normalized spacial score (nSPS) is 8.94. The van der Waals surface area contributed by atoms with Crippen molar-refractivity contribution in [1.82, 2.24) is 5.32 Å². The number of ether oxygens (including phenoxy) is 1. The van der Waals surface area contributed by atoms with Gasteiger partial charge in [-0.15, -0.1) is 6.58 Å². The van der Waals surface area contributed by atoms with E-state index in [4.69, 9.17) is 10.00 Å². The van der Waals surface area contributed by atoms with Crippen molar-refractivity contribution in [3.8, 4) is 11.8 Å². The van der Waals surface area contributed by atoms with Gasteiger partial charge in [-0.25, -0.2) is 4.79 Å². The Morgan fingerprint density at radius 2 is 2.41 bits per heavy atom. The lowest BCUT2D eigenvalue weighted by atomic mass is 10.2. The van der Waals surface area contributed by atoms with Gasteiger partial charge in [0.15, 0.2) is 0 Å². The maximum Gasteiger partial charge on any atom is 0.319 e. The number of nitrogens with zero attached hydrogens (tertiary/aromatic N) is 1. The van der Waals surface area contributed by atoms with Gasteiger partial charge in [-0.05, 0) is 18.2 Å². The summed E-state index contributed by atoms with van der Waals surface area (Å²) in [6.45, 7) is 3.86. The molecule has 5 nitrogen and oxygen atoms in total. The second-order valence-electron chi connectivity index (χ2n) is 3.15. The smallest absolute Gasteiger partial charge is 0.319 e. The van der Waals surface area contributed by atoms with Crippen LogP contribution >= 0.6 is 0 Å². The molecule has 0 spiro atoms. The standard InChI is InChI=1S/C12H13N3O2/c1-3-6-14-12(16)15-10-7-9(8-13)4-5-11(10)17-2/h3-5,7H,1,6H2,2H3,(H2,14,15,16). The SMILES string of the molecule is C=CCNC(=O)Nc1cc(C#N)ccc1OC. The fraction of sp³-hybridized carbons (Fsp3) is 0.167. The van der Waals surface area contributed by atoms with E-state index in [0.717, 1.165) is 0 Å². The van der Waals surface area contributed by atoms with Crippen LogP contribution in [0.5, 0.6) is 5.75 Å². The zero-order valence-corrected chi connectivity index (χ0v) is 9.49. The van der Waals surface area contributed by atoms with Crippen LogP contribution in [-0.2, 0) is 0 Å². The number of urea groups is 1. The highest BCUT2D eigenvalue weighted by Crippen LogP contribution is 2.24. The van der Waals surface area contributed by atoms with E-state index in [2.05, 4.69) is 17.2 Å². The summed E-state index contributed by atoms with van der Waals surface area (Å²) in [5.74, 6) is 0.498. The summed E-state index contributed by atoms with van der Waals surface area (Å²) >= 11 is 0. The molecule has 17 heavy (non-hydrogen) atoms. The summed E-state index contributed by atoms with van der Waals surface area (Å²) in [6.07, 6.45) is 1.57. The van der Waals surface area contributed by atoms with E-state index in [1.165, 1.54) is 7.11 Å². The highest BCUT2D eigenvalue weighted by molar-refractivity contribution is 5.91. The molecule has 0 aliphatic rings. The van der Waals surface area contributed by atoms with E-state index in [-0.39, 0.29) is 6.03 Å². The van der Waals surface area contributed by atoms with E-state index in [1.54, 1.807) is 24.3 Å². The number of anilines is 1. The molecule has 0 heterocycles. The van der Waals surface area contributed by atoms with Gasteiger partial charge in [-0.2, -0.15) is 5.26 Å². The van der Waals surface area contributed by atoms with Crippen molar-refractivity contribution in [2.45, 2.75) is 0 Å². The largest absolute Gasteiger partial charge is 0.495 e. The highest BCUT2D eigenvalue weighted by Gasteiger charge is 2.07. The molecule has 0 atom stereocenters. The predicted molar refractivity (Wildman–Crippen MR) is 64.9 cm³/mol. The van der Waals surface area contributed by atoms with Crippen LogP contribution in [0.25, 0.3) is 0 Å². The molecule has 1 aromatic rings. The first-order chi connectivity index (χ1) is 8.21. The molecule has 5 heteroatoms. The van der Waals surface area contributed by atoms with Gasteiger partial charge in [0.1, 0.15) is 5.75 Å². The Morgan fingerprint density at radius 1 is 1.65 bits per heavy atom. The van der Waals surface area contributed by atoms with Crippen LogP contribution in [0.4, 0.5) is 10.5 Å². The summed E-state index contributed by atoms with van der Waals surface area (Å²) in [5, 5.41) is 13.9. The number of carbonyl (C=O) groups is 1. The van der Waals surface area contributed by atoms with E-state index in [0.29, 0.717) is 23.5 Å². The summed E-state index contributed by atoms with van der Waals surface area (Å²) < 4.78 is 5.08. The fourth-order valence-electron chi connectivity index (χ4n) is 1.21. The van der Waals surface area contributed by atoms with Crippen LogP contribution in [0, 0.1) is 11.3 Å². The Bertz CT molecular complexity index is 463. The lowest BCUT2D eigenvalue weighted by Gasteiger charge is -2.10. The molecule has 2 N–H and O–H groups in total. The number of carbonyl (C=O) groups excluding carboxylic acids is 1. The summed E-state index contributed by atoms with van der Waals surface area (Å²) in [5.41, 5.74) is 0.901. The average molecular weight is 231 g/mol. The number of hydrogen-bond acceptors (Lipinski definition) is 3. The van der Waals surface area contributed by atoms with E-state index >= 15 is 0 Å². The Kier molecular flexibility index (Phi) is 4.58. The number of rotatable bonds is 4. The van der Waals surface area contributed by atoms with Gasteiger partial charge in [-0.1, -0.05) is 6.08 Å². The lowest BCUT2D eigenvalue weighted by Crippen LogP contribution is -2.28. The first-order valence-electron chi connectivity index (χ1n) is 4.95. The molecular formula is C12H13N3O2. The number of nitriles is 1.